The molecule has 0 heterocycles. The number of anilines is 2. The third-order valence-corrected chi connectivity index (χ3v) is 7.61. The summed E-state index contributed by atoms with van der Waals surface area (Å²) in [7, 11) is 0. The number of rotatable bonds is 15. The van der Waals surface area contributed by atoms with E-state index in [1.807, 2.05) is 20.8 Å². The van der Waals surface area contributed by atoms with Crippen LogP contribution in [0.25, 0.3) is 0 Å². The number of oxime groups is 2. The number of esters is 2. The summed E-state index contributed by atoms with van der Waals surface area (Å²) >= 11 is 0. The van der Waals surface area contributed by atoms with Crippen LogP contribution in [-0.4, -0.2) is 67.0 Å². The summed E-state index contributed by atoms with van der Waals surface area (Å²) in [6.07, 6.45) is 4.28. The number of amides is 2. The Morgan fingerprint density at radius 1 is 0.639 bits per heavy atom. The first kappa shape index (κ1) is 53.4. The number of benzene rings is 3. The predicted octanol–water partition coefficient (Wildman–Crippen LogP) is 9.40. The zero-order chi connectivity index (χ0) is 45.0. The van der Waals surface area contributed by atoms with Gasteiger partial charge in [-0.05, 0) is 113 Å². The van der Waals surface area contributed by atoms with E-state index in [1.54, 1.807) is 76.2 Å². The van der Waals surface area contributed by atoms with E-state index in [4.69, 9.17) is 14.3 Å². The summed E-state index contributed by atoms with van der Waals surface area (Å²) in [6, 6.07) is 15.0. The van der Waals surface area contributed by atoms with Crippen LogP contribution in [0.1, 0.15) is 77.1 Å². The van der Waals surface area contributed by atoms with Gasteiger partial charge in [-0.2, -0.15) is 15.0 Å². The average molecular weight is 842 g/mol. The molecule has 0 radical (unpaired) electrons. The van der Waals surface area contributed by atoms with Gasteiger partial charge < -0.3 is 9.47 Å². The maximum absolute atomic E-state index is 12.0. The lowest BCUT2D eigenvalue weighted by atomic mass is 10.0. The van der Waals surface area contributed by atoms with Crippen LogP contribution in [0.3, 0.4) is 0 Å². The molecule has 0 aromatic heterocycles. The van der Waals surface area contributed by atoms with Crippen LogP contribution in [0, 0.1) is 20.8 Å². The van der Waals surface area contributed by atoms with Crippen molar-refractivity contribution >= 4 is 82.2 Å². The summed E-state index contributed by atoms with van der Waals surface area (Å²) in [5, 5.41) is 12.4. The first-order chi connectivity index (χ1) is 28.6. The zero-order valence-corrected chi connectivity index (χ0v) is 34.7. The van der Waals surface area contributed by atoms with Crippen LogP contribution in [-0.2, 0) is 49.5 Å². The van der Waals surface area contributed by atoms with Gasteiger partial charge in [0.15, 0.2) is 0 Å². The smallest absolute Gasteiger partial charge is 0.437 e. The van der Waals surface area contributed by atoms with Gasteiger partial charge in [0, 0.05) is 16.9 Å². The minimum absolute atomic E-state index is 0. The number of aliphatic imine (C=N–C) groups is 3. The quantitative estimate of drug-likeness (QED) is 0.0278. The molecular formula is C43H51N7O11. The van der Waals surface area contributed by atoms with E-state index in [9.17, 15) is 33.6 Å². The molecule has 0 bridgehead atoms. The Kier molecular flexibility index (Phi) is 25.9. The minimum atomic E-state index is -0.718. The Labute approximate surface area is 354 Å². The van der Waals surface area contributed by atoms with E-state index >= 15 is 0 Å². The molecule has 18 heteroatoms. The second-order valence-electron chi connectivity index (χ2n) is 12.4. The van der Waals surface area contributed by atoms with Gasteiger partial charge >= 0.3 is 24.1 Å². The van der Waals surface area contributed by atoms with Crippen LogP contribution in [0.15, 0.2) is 92.0 Å². The molecule has 0 aliphatic carbocycles. The molecule has 0 saturated heterocycles. The Morgan fingerprint density at radius 3 is 1.59 bits per heavy atom. The van der Waals surface area contributed by atoms with E-state index in [-0.39, 0.29) is 32.6 Å². The van der Waals surface area contributed by atoms with Crippen molar-refractivity contribution in [2.45, 2.75) is 82.1 Å². The topological polar surface area (TPSA) is 242 Å². The van der Waals surface area contributed by atoms with Gasteiger partial charge in [0.2, 0.25) is 18.2 Å². The number of ether oxygens (including phenoxy) is 2. The number of nitrogens with zero attached hydrogens (tertiary/aromatic N) is 5. The van der Waals surface area contributed by atoms with Crippen LogP contribution < -0.4 is 10.6 Å². The van der Waals surface area contributed by atoms with Crippen molar-refractivity contribution in [3.05, 3.63) is 89.0 Å². The third-order valence-electron chi connectivity index (χ3n) is 7.61. The summed E-state index contributed by atoms with van der Waals surface area (Å²) < 4.78 is 9.90. The molecule has 0 spiro atoms. The fourth-order valence-corrected chi connectivity index (χ4v) is 3.95. The molecule has 0 saturated carbocycles. The molecule has 324 valence electrons. The van der Waals surface area contributed by atoms with E-state index in [0.29, 0.717) is 58.3 Å². The number of aryl methyl sites for hydroxylation is 3. The van der Waals surface area contributed by atoms with Gasteiger partial charge in [0.05, 0.1) is 34.9 Å². The standard InChI is InChI=1S/C20H26N2O6.C13H15N3O3.C9H6N2O2.CH4/c1-6-15(5)22-28-20(25)21-17-8-7-14(4)16(11-17)12-18(23)26-9-10-27-19(24)13(2)3;1-4-10(3)16-19-13(18)15-11-6-5-9(2)12(7-11)14-8-17;1-7-2-3-8(10-5-12)4-9(7)11-6-13;/h7-8,11H,2,6,9-10,12H2,1,3-5H3,(H,21,25);5-7H,4H2,1-3H3,(H,15,18);2-4H,1H3;1H4/b22-15+;16-10+;;. The fraction of sp³-hybridized carbons (Fsp3) is 0.326. The SMILES string of the molecule is C.C=C(C)C(=O)OCCOC(=O)Cc1cc(NC(=O)O/N=C(\C)CC)ccc1C.CC/C(C)=N/OC(=O)Nc1ccc(C)c(N=C=O)c1.Cc1ccc(N=C=O)cc1N=C=O. The van der Waals surface area contributed by atoms with Gasteiger partial charge in [-0.1, -0.05) is 56.4 Å². The van der Waals surface area contributed by atoms with Crippen molar-refractivity contribution in [2.75, 3.05) is 23.8 Å². The number of carbonyl (C=O) groups is 4. The molecule has 3 rings (SSSR count). The van der Waals surface area contributed by atoms with Gasteiger partial charge in [0.25, 0.3) is 0 Å². The normalized spacial score (nSPS) is 10.0. The number of hydrogen-bond donors (Lipinski definition) is 2. The number of nitrogens with one attached hydrogen (secondary N) is 2. The maximum atomic E-state index is 12.0. The maximum Gasteiger partial charge on any atom is 0.437 e. The summed E-state index contributed by atoms with van der Waals surface area (Å²) in [5.41, 5.74) is 7.14. The van der Waals surface area contributed by atoms with Crippen LogP contribution in [0.5, 0.6) is 0 Å². The third kappa shape index (κ3) is 22.2. The second-order valence-corrected chi connectivity index (χ2v) is 12.4. The molecule has 2 amide bonds. The molecule has 0 fully saturated rings. The highest BCUT2D eigenvalue weighted by molar-refractivity contribution is 5.88. The summed E-state index contributed by atoms with van der Waals surface area (Å²) in [5.74, 6) is -1.01. The average Bonchev–Trinajstić information content (AvgIpc) is 3.22. The Hall–Kier alpha value is -7.64. The minimum Gasteiger partial charge on any atom is -0.462 e. The van der Waals surface area contributed by atoms with Gasteiger partial charge in [-0.15, -0.1) is 0 Å². The lowest BCUT2D eigenvalue weighted by Gasteiger charge is -2.10. The number of carbonyl (C=O) groups excluding carboxylic acids is 7. The highest BCUT2D eigenvalue weighted by Crippen LogP contribution is 2.24. The lowest BCUT2D eigenvalue weighted by Crippen LogP contribution is -2.16. The van der Waals surface area contributed by atoms with Gasteiger partial charge in [-0.3, -0.25) is 25.1 Å². The van der Waals surface area contributed by atoms with E-state index in [2.05, 4.69) is 47.3 Å². The summed E-state index contributed by atoms with van der Waals surface area (Å²) in [4.78, 5) is 96.4. The molecule has 3 aromatic rings. The zero-order valence-electron chi connectivity index (χ0n) is 34.7. The van der Waals surface area contributed by atoms with Gasteiger partial charge in [0.1, 0.15) is 13.2 Å². The molecule has 61 heavy (non-hydrogen) atoms. The van der Waals surface area contributed by atoms with E-state index in [0.717, 1.165) is 16.7 Å². The molecule has 3 aromatic carbocycles. The number of hydrogen-bond acceptors (Lipinski definition) is 16. The number of isocyanates is 3. The lowest BCUT2D eigenvalue weighted by molar-refractivity contribution is -0.149. The van der Waals surface area contributed by atoms with Crippen molar-refractivity contribution in [1.29, 1.82) is 0 Å². The Morgan fingerprint density at radius 2 is 1.10 bits per heavy atom. The monoisotopic (exact) mass is 841 g/mol. The van der Waals surface area contributed by atoms with E-state index < -0.39 is 24.1 Å². The molecular weight excluding hydrogens is 791 g/mol. The second kappa shape index (κ2) is 29.6. The molecule has 0 aliphatic heterocycles. The van der Waals surface area contributed by atoms with E-state index in [1.165, 1.54) is 31.2 Å². The molecule has 18 nitrogen and oxygen atoms in total. The van der Waals surface area contributed by atoms with Crippen molar-refractivity contribution < 1.29 is 52.7 Å². The molecule has 0 atom stereocenters. The summed E-state index contributed by atoms with van der Waals surface area (Å²) in [6.45, 7) is 17.7. The van der Waals surface area contributed by atoms with Gasteiger partial charge in [-0.25, -0.2) is 28.8 Å². The highest BCUT2D eigenvalue weighted by atomic mass is 16.7. The molecule has 0 aliphatic rings. The van der Waals surface area contributed by atoms with Crippen LogP contribution in [0.4, 0.5) is 38.0 Å². The first-order valence-corrected chi connectivity index (χ1v) is 18.1. The highest BCUT2D eigenvalue weighted by Gasteiger charge is 2.12. The van der Waals surface area contributed by atoms with Crippen molar-refractivity contribution in [3.63, 3.8) is 0 Å². The van der Waals surface area contributed by atoms with Crippen LogP contribution >= 0.6 is 0 Å². The van der Waals surface area contributed by atoms with Crippen molar-refractivity contribution in [2.24, 2.45) is 25.3 Å². The molecule has 2 N–H and O–H groups in total. The van der Waals surface area contributed by atoms with Crippen molar-refractivity contribution in [3.8, 4) is 0 Å². The Bertz CT molecular complexity index is 2220. The van der Waals surface area contributed by atoms with Crippen molar-refractivity contribution in [1.82, 2.24) is 0 Å². The predicted molar refractivity (Wildman–Crippen MR) is 231 cm³/mol. The first-order valence-electron chi connectivity index (χ1n) is 18.1. The molecule has 0 unspecified atom stereocenters. The van der Waals surface area contributed by atoms with Crippen LogP contribution in [0.2, 0.25) is 0 Å². The Balaban J connectivity index is 0.000000943. The largest absolute Gasteiger partial charge is 0.462 e. The fourth-order valence-electron chi connectivity index (χ4n) is 3.95.